The molecule has 158 valence electrons. The lowest BCUT2D eigenvalue weighted by molar-refractivity contribution is -0.119. The first-order chi connectivity index (χ1) is 14.5. The molecule has 1 atom stereocenters. The molecule has 30 heavy (non-hydrogen) atoms. The third-order valence-electron chi connectivity index (χ3n) is 4.81. The van der Waals surface area contributed by atoms with Crippen molar-refractivity contribution in [2.24, 2.45) is 0 Å². The van der Waals surface area contributed by atoms with Crippen LogP contribution in [0.25, 0.3) is 11.1 Å². The summed E-state index contributed by atoms with van der Waals surface area (Å²) >= 11 is 0. The molecule has 2 aromatic carbocycles. The molecule has 1 aliphatic heterocycles. The Labute approximate surface area is 175 Å². The van der Waals surface area contributed by atoms with Crippen LogP contribution >= 0.6 is 0 Å². The number of rotatable bonds is 8. The standard InChI is InChI=1S/C23H26FN3O3/c1-3-4-11-25-13-17-5-7-18(8-6-17)21-10-9-19(12-22(21)24)27-15-20(30-23(27)29)14-26-16(2)28/h3-10,12,20,25H,11,13-15H2,1-2H3,(H,26,28)/b4-3+/t20-/m0/s1. The molecule has 0 radical (unpaired) electrons. The van der Waals surface area contributed by atoms with Gasteiger partial charge in [-0.15, -0.1) is 0 Å². The minimum absolute atomic E-state index is 0.195. The Morgan fingerprint density at radius 1 is 1.27 bits per heavy atom. The third kappa shape index (κ3) is 5.45. The maximum absolute atomic E-state index is 14.8. The first-order valence-corrected chi connectivity index (χ1v) is 9.91. The SMILES string of the molecule is C/C=C/CNCc1ccc(-c2ccc(N3C[C@H](CNC(C)=O)OC3=O)cc2F)cc1. The predicted molar refractivity (Wildman–Crippen MR) is 115 cm³/mol. The fourth-order valence-electron chi connectivity index (χ4n) is 3.22. The van der Waals surface area contributed by atoms with E-state index in [0.29, 0.717) is 11.3 Å². The number of nitrogens with zero attached hydrogens (tertiary/aromatic N) is 1. The lowest BCUT2D eigenvalue weighted by Gasteiger charge is -2.15. The van der Waals surface area contributed by atoms with E-state index in [4.69, 9.17) is 4.74 Å². The van der Waals surface area contributed by atoms with Gasteiger partial charge in [-0.2, -0.15) is 0 Å². The van der Waals surface area contributed by atoms with Crippen molar-refractivity contribution in [1.82, 2.24) is 10.6 Å². The molecule has 1 heterocycles. The summed E-state index contributed by atoms with van der Waals surface area (Å²) < 4.78 is 20.0. The zero-order valence-corrected chi connectivity index (χ0v) is 17.2. The van der Waals surface area contributed by atoms with Gasteiger partial charge >= 0.3 is 6.09 Å². The van der Waals surface area contributed by atoms with Gasteiger partial charge < -0.3 is 15.4 Å². The van der Waals surface area contributed by atoms with Crippen LogP contribution in [0.4, 0.5) is 14.9 Å². The molecule has 0 spiro atoms. The monoisotopic (exact) mass is 411 g/mol. The van der Waals surface area contributed by atoms with Crippen molar-refractivity contribution in [3.8, 4) is 11.1 Å². The van der Waals surface area contributed by atoms with Crippen molar-refractivity contribution in [2.75, 3.05) is 24.5 Å². The topological polar surface area (TPSA) is 70.7 Å². The second-order valence-electron chi connectivity index (χ2n) is 7.11. The van der Waals surface area contributed by atoms with E-state index in [-0.39, 0.29) is 19.0 Å². The molecule has 0 unspecified atom stereocenters. The van der Waals surface area contributed by atoms with Gasteiger partial charge in [0, 0.05) is 25.6 Å². The summed E-state index contributed by atoms with van der Waals surface area (Å²) in [4.78, 5) is 24.5. The molecule has 0 bridgehead atoms. The van der Waals surface area contributed by atoms with Crippen LogP contribution < -0.4 is 15.5 Å². The molecule has 0 aromatic heterocycles. The first kappa shape index (κ1) is 21.5. The maximum Gasteiger partial charge on any atom is 0.414 e. The minimum Gasteiger partial charge on any atom is -0.442 e. The van der Waals surface area contributed by atoms with E-state index in [2.05, 4.69) is 10.6 Å². The van der Waals surface area contributed by atoms with Crippen LogP contribution in [0, 0.1) is 5.82 Å². The number of nitrogens with one attached hydrogen (secondary N) is 2. The summed E-state index contributed by atoms with van der Waals surface area (Å²) in [6.07, 6.45) is 3.03. The quantitative estimate of drug-likeness (QED) is 0.514. The van der Waals surface area contributed by atoms with Crippen molar-refractivity contribution in [1.29, 1.82) is 0 Å². The van der Waals surface area contributed by atoms with Crippen LogP contribution in [0.1, 0.15) is 19.4 Å². The van der Waals surface area contributed by atoms with Crippen molar-refractivity contribution in [3.05, 3.63) is 66.0 Å². The number of anilines is 1. The average Bonchev–Trinajstić information content (AvgIpc) is 3.11. The highest BCUT2D eigenvalue weighted by atomic mass is 19.1. The summed E-state index contributed by atoms with van der Waals surface area (Å²) in [5.74, 6) is -0.607. The van der Waals surface area contributed by atoms with Gasteiger partial charge in [0.15, 0.2) is 0 Å². The fourth-order valence-corrected chi connectivity index (χ4v) is 3.22. The molecule has 1 aliphatic rings. The van der Waals surface area contributed by atoms with Crippen LogP contribution in [0.15, 0.2) is 54.6 Å². The Kier molecular flexibility index (Phi) is 7.19. The zero-order chi connectivity index (χ0) is 21.5. The number of carbonyl (C=O) groups is 2. The van der Waals surface area contributed by atoms with E-state index in [9.17, 15) is 14.0 Å². The predicted octanol–water partition coefficient (Wildman–Crippen LogP) is 3.62. The number of cyclic esters (lactones) is 1. The van der Waals surface area contributed by atoms with Crippen molar-refractivity contribution < 1.29 is 18.7 Å². The molecule has 0 saturated carbocycles. The van der Waals surface area contributed by atoms with Crippen LogP contribution in [0.3, 0.4) is 0 Å². The Morgan fingerprint density at radius 2 is 2.03 bits per heavy atom. The number of benzene rings is 2. The molecule has 6 nitrogen and oxygen atoms in total. The molecule has 2 N–H and O–H groups in total. The minimum atomic E-state index is -0.549. The molecule has 2 aromatic rings. The normalized spacial score (nSPS) is 16.2. The van der Waals surface area contributed by atoms with Crippen LogP contribution in [0.2, 0.25) is 0 Å². The van der Waals surface area contributed by atoms with Gasteiger partial charge in [-0.05, 0) is 36.2 Å². The van der Waals surface area contributed by atoms with Gasteiger partial charge in [0.25, 0.3) is 0 Å². The average molecular weight is 411 g/mol. The molecule has 1 fully saturated rings. The number of amides is 2. The highest BCUT2D eigenvalue weighted by Crippen LogP contribution is 2.29. The largest absolute Gasteiger partial charge is 0.442 e. The van der Waals surface area contributed by atoms with Gasteiger partial charge in [0.2, 0.25) is 5.91 Å². The number of hydrogen-bond acceptors (Lipinski definition) is 4. The molecular formula is C23H26FN3O3. The molecule has 3 rings (SSSR count). The van der Waals surface area contributed by atoms with Gasteiger partial charge in [0.05, 0.1) is 18.8 Å². The summed E-state index contributed by atoms with van der Waals surface area (Å²) in [6.45, 7) is 5.41. The Hall–Kier alpha value is -3.19. The molecule has 7 heteroatoms. The van der Waals surface area contributed by atoms with Gasteiger partial charge in [-0.1, -0.05) is 36.4 Å². The summed E-state index contributed by atoms with van der Waals surface area (Å²) in [5, 5.41) is 5.92. The number of allylic oxidation sites excluding steroid dienone is 1. The number of carbonyl (C=O) groups excluding carboxylic acids is 2. The van der Waals surface area contributed by atoms with Gasteiger partial charge in [-0.3, -0.25) is 9.69 Å². The van der Waals surface area contributed by atoms with Gasteiger partial charge in [0.1, 0.15) is 11.9 Å². The second-order valence-corrected chi connectivity index (χ2v) is 7.11. The molecular weight excluding hydrogens is 385 g/mol. The second kappa shape index (κ2) is 10.0. The van der Waals surface area contributed by atoms with E-state index in [1.54, 1.807) is 12.1 Å². The van der Waals surface area contributed by atoms with Crippen molar-refractivity contribution in [2.45, 2.75) is 26.5 Å². The third-order valence-corrected chi connectivity index (χ3v) is 4.81. The van der Waals surface area contributed by atoms with Crippen LogP contribution in [0.5, 0.6) is 0 Å². The Morgan fingerprint density at radius 3 is 2.70 bits per heavy atom. The van der Waals surface area contributed by atoms with E-state index < -0.39 is 18.0 Å². The number of hydrogen-bond donors (Lipinski definition) is 2. The van der Waals surface area contributed by atoms with Crippen LogP contribution in [-0.4, -0.2) is 37.7 Å². The van der Waals surface area contributed by atoms with Gasteiger partial charge in [-0.25, -0.2) is 9.18 Å². The highest BCUT2D eigenvalue weighted by molar-refractivity contribution is 5.90. The van der Waals surface area contributed by atoms with E-state index >= 15 is 0 Å². The van der Waals surface area contributed by atoms with E-state index in [0.717, 1.165) is 24.2 Å². The fraction of sp³-hybridized carbons (Fsp3) is 0.304. The lowest BCUT2D eigenvalue weighted by Crippen LogP contribution is -2.33. The lowest BCUT2D eigenvalue weighted by atomic mass is 10.0. The summed E-state index contributed by atoms with van der Waals surface area (Å²) in [6, 6.07) is 12.4. The number of halogens is 1. The molecule has 1 saturated heterocycles. The molecule has 0 aliphatic carbocycles. The smallest absolute Gasteiger partial charge is 0.414 e. The number of ether oxygens (including phenoxy) is 1. The highest BCUT2D eigenvalue weighted by Gasteiger charge is 2.32. The molecule has 2 amide bonds. The Bertz CT molecular complexity index is 928. The summed E-state index contributed by atoms with van der Waals surface area (Å²) in [7, 11) is 0. The Balaban J connectivity index is 1.66. The van der Waals surface area contributed by atoms with Crippen LogP contribution in [-0.2, 0) is 16.1 Å². The first-order valence-electron chi connectivity index (χ1n) is 9.91. The summed E-state index contributed by atoms with van der Waals surface area (Å²) in [5.41, 5.74) is 2.78. The van der Waals surface area contributed by atoms with Crippen molar-refractivity contribution in [3.63, 3.8) is 0 Å². The zero-order valence-electron chi connectivity index (χ0n) is 17.2. The van der Waals surface area contributed by atoms with E-state index in [1.165, 1.54) is 17.9 Å². The van der Waals surface area contributed by atoms with E-state index in [1.807, 2.05) is 43.3 Å². The van der Waals surface area contributed by atoms with Crippen molar-refractivity contribution >= 4 is 17.7 Å². The maximum atomic E-state index is 14.8.